The van der Waals surface area contributed by atoms with Gasteiger partial charge in [-0.25, -0.2) is 0 Å². The molecule has 2 aliphatic heterocycles. The maximum atomic E-state index is 14.0. The maximum absolute atomic E-state index is 14.0. The third kappa shape index (κ3) is 6.35. The Morgan fingerprint density at radius 1 is 0.922 bits per heavy atom. The van der Waals surface area contributed by atoms with Crippen LogP contribution in [0.25, 0.3) is 0 Å². The van der Waals surface area contributed by atoms with Crippen LogP contribution in [0.5, 0.6) is 0 Å². The minimum Gasteiger partial charge on any atom is -0.393 e. The van der Waals surface area contributed by atoms with Gasteiger partial charge in [0.15, 0.2) is 5.78 Å². The molecule has 0 aromatic heterocycles. The third-order valence-electron chi connectivity index (χ3n) is 17.3. The average molecular weight is 714 g/mol. The number of aliphatic hydroxyl groups is 4. The van der Waals surface area contributed by atoms with Gasteiger partial charge >= 0.3 is 0 Å². The molecular formula is C43H73N2O6+. The maximum Gasteiger partial charge on any atom is 0.159 e. The van der Waals surface area contributed by atoms with Crippen molar-refractivity contribution in [1.82, 2.24) is 0 Å². The van der Waals surface area contributed by atoms with Crippen LogP contribution in [0.3, 0.4) is 0 Å². The van der Waals surface area contributed by atoms with Gasteiger partial charge in [-0.05, 0) is 130 Å². The van der Waals surface area contributed by atoms with Crippen molar-refractivity contribution in [1.29, 1.82) is 0 Å². The number of quaternary nitrogens is 1. The molecule has 7 aliphatic rings. The Bertz CT molecular complexity index is 1340. The number of carbonyl (C=O) groups is 1. The Balaban J connectivity index is 1.15. The molecule has 2 saturated heterocycles. The van der Waals surface area contributed by atoms with Crippen molar-refractivity contribution >= 4 is 5.78 Å². The van der Waals surface area contributed by atoms with Gasteiger partial charge in [0.2, 0.25) is 0 Å². The number of carbonyl (C=O) groups excluding carboxylic acids is 1. The molecule has 14 unspecified atom stereocenters. The van der Waals surface area contributed by atoms with E-state index in [1.54, 1.807) is 0 Å². The van der Waals surface area contributed by atoms with E-state index in [1.807, 2.05) is 19.9 Å². The monoisotopic (exact) mass is 714 g/mol. The standard InChI is InChI=1S/C43H72N2O6/c1-38(2,18-14-27-17-21-45-34(44)22-27)42(6,49)37-36(51-37)41(5,48)33-16-20-43(50)31-24-32(47)30-23-29(46)15-19-39(30,3)35(31)28(25-40(33,43)4)13-12-26-10-8-7-9-11-26/h24,26-30,33-37,45-46,48-50H,7-23,25,44H2,1-6H3/p+1. The van der Waals surface area contributed by atoms with Gasteiger partial charge in [0.25, 0.3) is 0 Å². The Labute approximate surface area is 308 Å². The van der Waals surface area contributed by atoms with Gasteiger partial charge in [-0.2, -0.15) is 0 Å². The number of ketones is 1. The topological polar surface area (TPSA) is 153 Å². The van der Waals surface area contributed by atoms with Crippen molar-refractivity contribution in [3.63, 3.8) is 0 Å². The molecule has 8 N–H and O–H groups in total. The summed E-state index contributed by atoms with van der Waals surface area (Å²) in [7, 11) is 0. The molecule has 6 fully saturated rings. The molecule has 0 aromatic carbocycles. The van der Waals surface area contributed by atoms with E-state index in [2.05, 4.69) is 33.0 Å². The van der Waals surface area contributed by atoms with Gasteiger partial charge in [-0.15, -0.1) is 0 Å². The molecule has 7 rings (SSSR count). The van der Waals surface area contributed by atoms with Crippen LogP contribution in [0.4, 0.5) is 0 Å². The van der Waals surface area contributed by atoms with Gasteiger partial charge in [-0.1, -0.05) is 66.2 Å². The van der Waals surface area contributed by atoms with Crippen molar-refractivity contribution in [2.45, 2.75) is 192 Å². The normalized spacial score (nSPS) is 47.0. The van der Waals surface area contributed by atoms with Crippen molar-refractivity contribution in [2.24, 2.45) is 57.5 Å². The smallest absolute Gasteiger partial charge is 0.159 e. The quantitative estimate of drug-likeness (QED) is 0.172. The lowest BCUT2D eigenvalue weighted by atomic mass is 9.42. The number of aliphatic hydroxyl groups excluding tert-OH is 1. The summed E-state index contributed by atoms with van der Waals surface area (Å²) < 4.78 is 6.39. The second kappa shape index (κ2) is 13.4. The fourth-order valence-corrected chi connectivity index (χ4v) is 13.6. The molecule has 51 heavy (non-hydrogen) atoms. The first-order valence-corrected chi connectivity index (χ1v) is 21.2. The molecule has 0 amide bonds. The van der Waals surface area contributed by atoms with Crippen molar-refractivity contribution in [3.05, 3.63) is 11.6 Å². The first-order chi connectivity index (χ1) is 23.8. The zero-order valence-corrected chi connectivity index (χ0v) is 32.8. The summed E-state index contributed by atoms with van der Waals surface area (Å²) in [5, 5.41) is 50.9. The second-order valence-corrected chi connectivity index (χ2v) is 20.7. The summed E-state index contributed by atoms with van der Waals surface area (Å²) in [6.07, 6.45) is 17.3. The third-order valence-corrected chi connectivity index (χ3v) is 17.3. The Morgan fingerprint density at radius 2 is 1.65 bits per heavy atom. The van der Waals surface area contributed by atoms with Gasteiger partial charge < -0.3 is 30.5 Å². The van der Waals surface area contributed by atoms with E-state index < -0.39 is 45.9 Å². The average Bonchev–Trinajstić information content (AvgIpc) is 3.85. The van der Waals surface area contributed by atoms with Crippen LogP contribution in [0.1, 0.15) is 151 Å². The summed E-state index contributed by atoms with van der Waals surface area (Å²) >= 11 is 0. The molecule has 8 nitrogen and oxygen atoms in total. The highest BCUT2D eigenvalue weighted by Gasteiger charge is 2.74. The van der Waals surface area contributed by atoms with Crippen LogP contribution in [0.15, 0.2) is 11.6 Å². The molecule has 290 valence electrons. The van der Waals surface area contributed by atoms with E-state index >= 15 is 0 Å². The van der Waals surface area contributed by atoms with E-state index in [0.29, 0.717) is 37.5 Å². The summed E-state index contributed by atoms with van der Waals surface area (Å²) in [5.74, 6) is 1.30. The number of piperidine rings is 1. The molecule has 2 heterocycles. The molecule has 4 saturated carbocycles. The van der Waals surface area contributed by atoms with Crippen LogP contribution >= 0.6 is 0 Å². The number of allylic oxidation sites excluding steroid dienone is 1. The number of epoxide rings is 1. The van der Waals surface area contributed by atoms with E-state index in [0.717, 1.165) is 63.0 Å². The molecule has 0 spiro atoms. The van der Waals surface area contributed by atoms with Crippen LogP contribution in [-0.2, 0) is 9.53 Å². The fraction of sp³-hybridized carbons (Fsp3) is 0.930. The first kappa shape index (κ1) is 38.4. The summed E-state index contributed by atoms with van der Waals surface area (Å²) in [6.45, 7) is 13.6. The summed E-state index contributed by atoms with van der Waals surface area (Å²) in [4.78, 5) is 14.0. The van der Waals surface area contributed by atoms with E-state index in [9.17, 15) is 25.2 Å². The van der Waals surface area contributed by atoms with Gasteiger partial charge in [0, 0.05) is 17.8 Å². The van der Waals surface area contributed by atoms with Crippen molar-refractivity contribution in [2.75, 3.05) is 6.54 Å². The largest absolute Gasteiger partial charge is 0.393 e. The zero-order valence-electron chi connectivity index (χ0n) is 32.8. The number of nitrogens with two attached hydrogens (primary N) is 2. The van der Waals surface area contributed by atoms with Crippen molar-refractivity contribution in [3.8, 4) is 0 Å². The molecule has 0 radical (unpaired) electrons. The Kier molecular flexibility index (Phi) is 10.1. The molecule has 8 heteroatoms. The summed E-state index contributed by atoms with van der Waals surface area (Å²) in [5.41, 5.74) is 2.19. The first-order valence-electron chi connectivity index (χ1n) is 21.2. The predicted molar refractivity (Wildman–Crippen MR) is 198 cm³/mol. The highest BCUT2D eigenvalue weighted by molar-refractivity contribution is 5.95. The lowest BCUT2D eigenvalue weighted by Crippen LogP contribution is -2.94. The fourth-order valence-electron chi connectivity index (χ4n) is 13.6. The molecule has 0 bridgehead atoms. The highest BCUT2D eigenvalue weighted by Crippen LogP contribution is 2.71. The van der Waals surface area contributed by atoms with Gasteiger partial charge in [0.1, 0.15) is 18.4 Å². The molecule has 5 aliphatic carbocycles. The second-order valence-electron chi connectivity index (χ2n) is 20.7. The van der Waals surface area contributed by atoms with Crippen LogP contribution < -0.4 is 11.1 Å². The number of fused-ring (bicyclic) bond motifs is 5. The van der Waals surface area contributed by atoms with E-state index in [-0.39, 0.29) is 35.1 Å². The molecular weight excluding hydrogens is 640 g/mol. The minimum absolute atomic E-state index is 0.0682. The number of rotatable bonds is 10. The highest BCUT2D eigenvalue weighted by atomic mass is 16.6. The number of hydrogen-bond acceptors (Lipinski definition) is 7. The van der Waals surface area contributed by atoms with Gasteiger partial charge in [0.05, 0.1) is 29.5 Å². The van der Waals surface area contributed by atoms with Crippen LogP contribution in [0, 0.1) is 51.8 Å². The van der Waals surface area contributed by atoms with Gasteiger partial charge in [-0.3, -0.25) is 10.5 Å². The van der Waals surface area contributed by atoms with E-state index in [4.69, 9.17) is 10.5 Å². The molecule has 0 aromatic rings. The zero-order chi connectivity index (χ0) is 36.8. The van der Waals surface area contributed by atoms with Crippen LogP contribution in [0.2, 0.25) is 0 Å². The van der Waals surface area contributed by atoms with Crippen molar-refractivity contribution < 1.29 is 35.3 Å². The van der Waals surface area contributed by atoms with E-state index in [1.165, 1.54) is 38.5 Å². The number of hydrogen-bond donors (Lipinski definition) is 6. The molecule has 14 atom stereocenters. The SMILES string of the molecule is CC(O)(C1OC1C(C)(O)C(C)(C)CCC1CC[NH2+]C(N)C1)C1CCC2(O)C3=CC(=O)C4CC(O)CCC4(C)C3C(CCC3CCCCC3)CC12C. The number of ether oxygens (including phenoxy) is 1. The predicted octanol–water partition coefficient (Wildman–Crippen LogP) is 5.14. The Morgan fingerprint density at radius 3 is 2.35 bits per heavy atom. The summed E-state index contributed by atoms with van der Waals surface area (Å²) in [6, 6.07) is 0. The Hall–Kier alpha value is -0.870. The van der Waals surface area contributed by atoms with Crippen LogP contribution in [-0.4, -0.2) is 74.0 Å². The lowest BCUT2D eigenvalue weighted by Gasteiger charge is -2.63. The lowest BCUT2D eigenvalue weighted by molar-refractivity contribution is -0.699. The minimum atomic E-state index is -1.27.